The Morgan fingerprint density at radius 2 is 1.24 bits per heavy atom. The summed E-state index contributed by atoms with van der Waals surface area (Å²) in [6.07, 6.45) is 8.60. The average Bonchev–Trinajstić information content (AvgIpc) is 1.61. The first kappa shape index (κ1) is 102. The molecule has 4 N–H and O–H groups in total. The van der Waals surface area contributed by atoms with Crippen LogP contribution >= 0.6 is 27.3 Å². The number of carboxylic acid groups (broad SMARTS) is 1. The number of nitrogens with zero attached hydrogens (tertiary/aromatic N) is 1. The molecular weight excluding hydrogens is 1850 g/mol. The van der Waals surface area contributed by atoms with E-state index in [9.17, 15) is 71.9 Å². The number of aryl methyl sites for hydroxylation is 3. The number of para-hydroxylation sites is 2. The maximum atomic E-state index is 13.9. The minimum absolute atomic E-state index is 0.0169. The molecule has 133 heavy (non-hydrogen) atoms. The van der Waals surface area contributed by atoms with Gasteiger partial charge in [0.05, 0.1) is 56.4 Å². The molecule has 10 aromatic carbocycles. The van der Waals surface area contributed by atoms with E-state index in [1.807, 2.05) is 80.6 Å². The maximum absolute atomic E-state index is 13.9. The summed E-state index contributed by atoms with van der Waals surface area (Å²) in [6, 6.07) is 58.8. The molecule has 2 aromatic heterocycles. The van der Waals surface area contributed by atoms with Crippen molar-refractivity contribution in [1.82, 2.24) is 10.0 Å². The summed E-state index contributed by atoms with van der Waals surface area (Å²) in [6.45, 7) is 24.6. The van der Waals surface area contributed by atoms with Crippen LogP contribution in [0.2, 0.25) is 0 Å². The highest BCUT2D eigenvalue weighted by molar-refractivity contribution is 9.11. The Labute approximate surface area is 786 Å². The second-order valence-corrected chi connectivity index (χ2v) is 43.7. The van der Waals surface area contributed by atoms with Gasteiger partial charge in [0.1, 0.15) is 51.7 Å². The number of halogens is 5. The number of carbonyl (C=O) groups excluding carboxylic acids is 4. The summed E-state index contributed by atoms with van der Waals surface area (Å²) >= 11 is 5.04. The zero-order valence-corrected chi connectivity index (χ0v) is 81.5. The first-order chi connectivity index (χ1) is 62.3. The van der Waals surface area contributed by atoms with Crippen molar-refractivity contribution >= 4 is 120 Å². The van der Waals surface area contributed by atoms with Crippen LogP contribution in [0.4, 0.5) is 23.2 Å². The van der Waals surface area contributed by atoms with E-state index in [0.717, 1.165) is 119 Å². The molecule has 29 heteroatoms. The number of likely N-dealkylation sites (N-methyl/N-ethyl adjacent to an activating group) is 1. The topological polar surface area (TPSA) is 296 Å². The predicted octanol–water partition coefficient (Wildman–Crippen LogP) is 23.1. The third kappa shape index (κ3) is 25.7. The number of esters is 1. The Morgan fingerprint density at radius 1 is 0.639 bits per heavy atom. The summed E-state index contributed by atoms with van der Waals surface area (Å²) in [5.74, 6) is -1.72. The second kappa shape index (κ2) is 41.7. The number of hydrogen-bond acceptors (Lipinski definition) is 17. The van der Waals surface area contributed by atoms with Gasteiger partial charge in [0.25, 0.3) is 5.91 Å². The van der Waals surface area contributed by atoms with E-state index in [1.54, 1.807) is 112 Å². The Kier molecular flexibility index (Phi) is 31.8. The lowest BCUT2D eigenvalue weighted by Gasteiger charge is -2.32. The number of hydrogen-bond donors (Lipinski definition) is 4. The number of ether oxygens (including phenoxy) is 3. The van der Waals surface area contributed by atoms with Gasteiger partial charge in [-0.05, 0) is 251 Å². The number of carbonyl (C=O) groups is 5. The van der Waals surface area contributed by atoms with E-state index in [0.29, 0.717) is 82.2 Å². The number of carboxylic acids is 1. The normalized spacial score (nSPS) is 15.6. The van der Waals surface area contributed by atoms with Crippen LogP contribution in [0.25, 0.3) is 49.7 Å². The number of sulfonamides is 1. The third-order valence-corrected chi connectivity index (χ3v) is 27.0. The number of Topliss-reactive ketones (excluding diaryl/α,β-unsaturated/α-hetero) is 2. The van der Waals surface area contributed by atoms with Crippen molar-refractivity contribution in [2.24, 2.45) is 0 Å². The number of phenols is 1. The van der Waals surface area contributed by atoms with Gasteiger partial charge in [0.2, 0.25) is 10.0 Å². The number of H-pyrrole nitrogens is 1. The van der Waals surface area contributed by atoms with E-state index in [1.165, 1.54) is 76.4 Å². The average molecular weight is 1950 g/mol. The summed E-state index contributed by atoms with van der Waals surface area (Å²) in [4.78, 5) is 69.2. The van der Waals surface area contributed by atoms with Gasteiger partial charge in [0, 0.05) is 99.6 Å². The zero-order valence-electron chi connectivity index (χ0n) is 76.6. The highest BCUT2D eigenvalue weighted by Crippen LogP contribution is 2.47. The van der Waals surface area contributed by atoms with Crippen molar-refractivity contribution in [3.63, 3.8) is 0 Å². The molecule has 3 aliphatic heterocycles. The van der Waals surface area contributed by atoms with Crippen LogP contribution in [0.15, 0.2) is 231 Å². The molecule has 0 radical (unpaired) electrons. The van der Waals surface area contributed by atoms with Crippen LogP contribution in [0.5, 0.6) is 17.2 Å². The number of amides is 1. The number of nitrogens with one attached hydrogen (secondary N) is 2. The maximum Gasteiger partial charge on any atom is 0.340 e. The number of aromatic amines is 1. The first-order valence-electron chi connectivity index (χ1n) is 42.6. The highest BCUT2D eigenvalue weighted by atomic mass is 79.9. The molecule has 5 heterocycles. The molecule has 1 unspecified atom stereocenters. The van der Waals surface area contributed by atoms with Crippen LogP contribution in [0, 0.1) is 30.2 Å². The number of aliphatic carboxylic acids is 1. The van der Waals surface area contributed by atoms with Crippen molar-refractivity contribution in [3.05, 3.63) is 323 Å². The molecule has 1 atom stereocenters. The first-order valence-corrected chi connectivity index (χ1v) is 49.9. The van der Waals surface area contributed by atoms with Crippen LogP contribution in [-0.4, -0.2) is 120 Å². The minimum Gasteiger partial charge on any atom is -0.507 e. The van der Waals surface area contributed by atoms with E-state index < -0.39 is 70.3 Å². The molecular formula is C104H106BrF4N3O17S4. The van der Waals surface area contributed by atoms with Crippen LogP contribution in [0.1, 0.15) is 183 Å². The zero-order chi connectivity index (χ0) is 97.4. The number of aromatic hydroxyl groups is 1. The van der Waals surface area contributed by atoms with E-state index in [4.69, 9.17) is 24.2 Å². The van der Waals surface area contributed by atoms with Crippen LogP contribution < -0.4 is 9.46 Å². The molecule has 1 amide bonds. The number of aromatic nitrogens is 1. The molecule has 698 valence electrons. The van der Waals surface area contributed by atoms with Crippen molar-refractivity contribution in [2.45, 2.75) is 160 Å². The summed E-state index contributed by atoms with van der Waals surface area (Å²) in [7, 11) is -8.43. The number of rotatable bonds is 17. The Bertz CT molecular complexity index is 6830. The molecule has 0 bridgehead atoms. The summed E-state index contributed by atoms with van der Waals surface area (Å²) in [5.41, 5.74) is 14.7. The smallest absolute Gasteiger partial charge is 0.340 e. The molecule has 0 spiro atoms. The number of ketones is 2. The van der Waals surface area contributed by atoms with Gasteiger partial charge in [-0.15, -0.1) is 11.3 Å². The fourth-order valence-electron chi connectivity index (χ4n) is 15.8. The van der Waals surface area contributed by atoms with Gasteiger partial charge in [-0.2, -0.15) is 0 Å². The molecule has 0 saturated carbocycles. The molecule has 12 aromatic rings. The Hall–Kier alpha value is -12.0. The van der Waals surface area contributed by atoms with E-state index in [2.05, 4.69) is 92.3 Å². The lowest BCUT2D eigenvalue weighted by molar-refractivity contribution is -0.180. The van der Waals surface area contributed by atoms with Crippen LogP contribution in [-0.2, 0) is 101 Å². The summed E-state index contributed by atoms with van der Waals surface area (Å²) < 4.78 is 144. The minimum atomic E-state index is -3.53. The Morgan fingerprint density at radius 3 is 1.82 bits per heavy atom. The highest BCUT2D eigenvalue weighted by Gasteiger charge is 2.43. The van der Waals surface area contributed by atoms with Crippen molar-refractivity contribution < 1.29 is 96.0 Å². The van der Waals surface area contributed by atoms with E-state index >= 15 is 0 Å². The number of anilines is 1. The third-order valence-electron chi connectivity index (χ3n) is 22.5. The molecule has 1 aliphatic carbocycles. The van der Waals surface area contributed by atoms with Crippen molar-refractivity contribution in [1.29, 1.82) is 0 Å². The lowest BCUT2D eigenvalue weighted by Crippen LogP contribution is -2.34. The molecule has 4 aliphatic rings. The van der Waals surface area contributed by atoms with Crippen molar-refractivity contribution in [2.75, 3.05) is 43.8 Å². The fourth-order valence-corrected chi connectivity index (χ4v) is 19.2. The number of fused-ring (bicyclic) bond motifs is 4. The largest absolute Gasteiger partial charge is 0.507 e. The van der Waals surface area contributed by atoms with Gasteiger partial charge in [0.15, 0.2) is 31.2 Å². The van der Waals surface area contributed by atoms with E-state index in [-0.39, 0.29) is 63.0 Å². The van der Waals surface area contributed by atoms with Crippen molar-refractivity contribution in [3.8, 4) is 38.8 Å². The van der Waals surface area contributed by atoms with Gasteiger partial charge < -0.3 is 29.4 Å². The fraction of sp³-hybridized carbons (Fsp3) is 0.279. The summed E-state index contributed by atoms with van der Waals surface area (Å²) in [5, 5.41) is 22.4. The number of benzene rings is 10. The number of thiophene rings is 1. The number of cyclic esters (lactones) is 1. The van der Waals surface area contributed by atoms with Gasteiger partial charge in [-0.3, -0.25) is 28.7 Å². The monoisotopic (exact) mass is 1950 g/mol. The number of sulfone groups is 2. The number of phenolic OH excluding ortho intramolecular Hbond substituents is 1. The SMILES string of the molecule is CC(=O)c1ccc(C)c(Oc2ccccc2)c1.CC1(C)OC(=O)C(c2cccc(F)c2)=C1c1ccc(S(C)(=O)=O)cc1.CCc1cccc2c3c([nH]c12)C(C)(CC(=O)O)OCC3.CN1OCC/C(=C\c2cc(C(C)(C)C)c(O)c(C(C)(C)C)c2)C1=O.CS(=O)(=O)Nc1cc2c(cc1Cc1ccc(F)cc1F)C(=O)CC2.CS(=O)(=O)c1ccc(-c2cc(Br)sc2-c2ccc(F)cc2)cc1. The van der Waals surface area contributed by atoms with Gasteiger partial charge >= 0.3 is 11.9 Å². The quantitative estimate of drug-likeness (QED) is 0.0285. The Balaban J connectivity index is 0.000000154. The van der Waals surface area contributed by atoms with Gasteiger partial charge in [-0.1, -0.05) is 152 Å². The second-order valence-electron chi connectivity index (χ2n) is 35.5. The molecule has 16 rings (SSSR count). The lowest BCUT2D eigenvalue weighted by atomic mass is 9.78. The van der Waals surface area contributed by atoms with Gasteiger partial charge in [-0.25, -0.2) is 52.7 Å². The standard InChI is InChI=1S/C20H29NO3.C19H17FO4S.C17H12BrFO2S2.C17H15F2NO3S.C16H19NO3.C15H14O2/c1-19(2,3)15-11-13(12-16(17(15)22)20(4,5)6)10-14-8-9-24-21(7)18(14)23;1-19(2)17(12-7-9-15(10-8-12)25(3,22)23)16(18(21)24-19)13-5-4-6-14(20)11-13;1-23(20,21)14-8-4-11(5-9-14)15-10-16(18)22-17(15)12-2-6-13(19)7-3-12;1-24(22,23)20-16-8-10-3-5-17(21)14(10)7-12(16)6-11-2-4-13(18)9-15(11)19;1-3-10-5-4-6-11-12-7-8-20-16(2,9-13(18)19)15(12)17-14(10)11;1-11-8-9-13(12(2)16)10-15(11)17-14-6-4-3-5-7-14/h10-12,22H,8-9H2,1-7H3;4-11H,1-3H3;2-10H,1H3;2,4,7-9,20H,3,5-6H2,1H3;4-6,17H,3,7-9H2,1-2H3,(H,18,19);3-10H,1-2H3/b14-10+;;;;;. The molecule has 1 saturated heterocycles. The molecule has 20 nitrogen and oxygen atoms in total. The molecule has 1 fully saturated rings. The number of hydroxylamine groups is 2. The van der Waals surface area contributed by atoms with Crippen LogP contribution in [0.3, 0.4) is 0 Å². The predicted molar refractivity (Wildman–Crippen MR) is 517 cm³/mol.